The van der Waals surface area contributed by atoms with Gasteiger partial charge in [0.15, 0.2) is 5.82 Å². The van der Waals surface area contributed by atoms with E-state index in [0.29, 0.717) is 10.6 Å². The molecule has 106 valence electrons. The average molecular weight is 285 g/mol. The number of nitrogens with two attached hydrogens (primary N) is 2. The van der Waals surface area contributed by atoms with Crippen molar-refractivity contribution >= 4 is 28.3 Å². The van der Waals surface area contributed by atoms with E-state index in [4.69, 9.17) is 16.2 Å². The fourth-order valence-corrected chi connectivity index (χ4v) is 2.91. The third kappa shape index (κ3) is 3.55. The Morgan fingerprint density at radius 2 is 2.26 bits per heavy atom. The molecular formula is C11H19N5O2S. The van der Waals surface area contributed by atoms with Gasteiger partial charge in [-0.2, -0.15) is 4.37 Å². The number of carbonyl (C=O) groups is 1. The predicted molar refractivity (Wildman–Crippen MR) is 75.4 cm³/mol. The van der Waals surface area contributed by atoms with Gasteiger partial charge >= 0.3 is 0 Å². The van der Waals surface area contributed by atoms with Crippen LogP contribution in [0.4, 0.5) is 10.8 Å². The summed E-state index contributed by atoms with van der Waals surface area (Å²) in [6.07, 6.45) is 0. The fourth-order valence-electron chi connectivity index (χ4n) is 2.08. The second-order valence-corrected chi connectivity index (χ2v) is 5.37. The van der Waals surface area contributed by atoms with E-state index >= 15 is 0 Å². The average Bonchev–Trinajstić information content (AvgIpc) is 2.71. The number of aromatic nitrogens is 1. The van der Waals surface area contributed by atoms with Crippen LogP contribution in [-0.2, 0) is 4.74 Å². The van der Waals surface area contributed by atoms with Gasteiger partial charge in [0.2, 0.25) is 0 Å². The van der Waals surface area contributed by atoms with Crippen molar-refractivity contribution in [3.63, 3.8) is 0 Å². The quantitative estimate of drug-likeness (QED) is 0.700. The lowest BCUT2D eigenvalue weighted by molar-refractivity contribution is 0.0368. The lowest BCUT2D eigenvalue weighted by Crippen LogP contribution is -2.42. The number of nitrogens with one attached hydrogen (secondary N) is 1. The van der Waals surface area contributed by atoms with Gasteiger partial charge in [0.25, 0.3) is 5.91 Å². The first-order valence-corrected chi connectivity index (χ1v) is 6.97. The van der Waals surface area contributed by atoms with Gasteiger partial charge in [0.05, 0.1) is 13.2 Å². The van der Waals surface area contributed by atoms with Crippen LogP contribution in [0, 0.1) is 0 Å². The molecule has 0 saturated carbocycles. The van der Waals surface area contributed by atoms with Gasteiger partial charge in [0.1, 0.15) is 10.6 Å². The highest BCUT2D eigenvalue weighted by Crippen LogP contribution is 2.26. The van der Waals surface area contributed by atoms with Gasteiger partial charge in [-0.05, 0) is 18.5 Å². The van der Waals surface area contributed by atoms with Gasteiger partial charge in [-0.15, -0.1) is 0 Å². The van der Waals surface area contributed by atoms with Gasteiger partial charge < -0.3 is 21.5 Å². The molecule has 0 bridgehead atoms. The molecule has 1 fully saturated rings. The lowest BCUT2D eigenvalue weighted by atomic mass is 10.2. The van der Waals surface area contributed by atoms with Crippen LogP contribution >= 0.6 is 11.5 Å². The number of hydrogen-bond donors (Lipinski definition) is 3. The molecule has 0 aromatic carbocycles. The normalized spacial score (nSPS) is 18.2. The van der Waals surface area contributed by atoms with E-state index in [2.05, 4.69) is 21.5 Å². The second-order valence-electron chi connectivity index (χ2n) is 4.59. The van der Waals surface area contributed by atoms with Crippen LogP contribution < -0.4 is 16.8 Å². The summed E-state index contributed by atoms with van der Waals surface area (Å²) in [6.45, 7) is 6.33. The smallest absolute Gasteiger partial charge is 0.255 e. The summed E-state index contributed by atoms with van der Waals surface area (Å²) in [5.41, 5.74) is 11.2. The number of carbonyl (C=O) groups excluding carboxylic acids is 1. The SMILES string of the molecule is CC(CN1CCOCC1)Nc1snc(N)c1C(N)=O. The van der Waals surface area contributed by atoms with Crippen molar-refractivity contribution in [2.24, 2.45) is 5.73 Å². The molecule has 5 N–H and O–H groups in total. The largest absolute Gasteiger partial charge is 0.382 e. The molecular weight excluding hydrogens is 266 g/mol. The Hall–Kier alpha value is -1.38. The molecule has 2 rings (SSSR count). The van der Waals surface area contributed by atoms with E-state index in [9.17, 15) is 4.79 Å². The number of rotatable bonds is 5. The van der Waals surface area contributed by atoms with Crippen molar-refractivity contribution in [1.82, 2.24) is 9.27 Å². The number of amides is 1. The first-order valence-electron chi connectivity index (χ1n) is 6.19. The maximum atomic E-state index is 11.3. The Balaban J connectivity index is 1.94. The van der Waals surface area contributed by atoms with Gasteiger partial charge in [-0.1, -0.05) is 0 Å². The lowest BCUT2D eigenvalue weighted by Gasteiger charge is -2.29. The first-order chi connectivity index (χ1) is 9.08. The van der Waals surface area contributed by atoms with Crippen LogP contribution in [0.3, 0.4) is 0 Å². The van der Waals surface area contributed by atoms with Crippen molar-refractivity contribution in [2.75, 3.05) is 43.9 Å². The summed E-state index contributed by atoms with van der Waals surface area (Å²) in [5, 5.41) is 3.90. The van der Waals surface area contributed by atoms with Crippen molar-refractivity contribution in [1.29, 1.82) is 0 Å². The fraction of sp³-hybridized carbons (Fsp3) is 0.636. The zero-order valence-corrected chi connectivity index (χ0v) is 11.7. The zero-order valence-electron chi connectivity index (χ0n) is 10.9. The molecule has 1 aliphatic heterocycles. The van der Waals surface area contributed by atoms with Gasteiger partial charge in [0, 0.05) is 25.7 Å². The Bertz CT molecular complexity index is 444. The Morgan fingerprint density at radius 1 is 1.58 bits per heavy atom. The predicted octanol–water partition coefficient (Wildman–Crippen LogP) is -0.0432. The van der Waals surface area contributed by atoms with E-state index in [-0.39, 0.29) is 11.9 Å². The van der Waals surface area contributed by atoms with E-state index in [1.54, 1.807) is 0 Å². The minimum atomic E-state index is -0.549. The molecule has 1 amide bonds. The van der Waals surface area contributed by atoms with Crippen molar-refractivity contribution < 1.29 is 9.53 Å². The molecule has 0 spiro atoms. The van der Waals surface area contributed by atoms with Crippen molar-refractivity contribution in [3.05, 3.63) is 5.56 Å². The number of hydrogen-bond acceptors (Lipinski definition) is 7. The maximum absolute atomic E-state index is 11.3. The topological polar surface area (TPSA) is 106 Å². The summed E-state index contributed by atoms with van der Waals surface area (Å²) >= 11 is 1.16. The van der Waals surface area contributed by atoms with E-state index in [1.165, 1.54) is 0 Å². The third-order valence-corrected chi connectivity index (χ3v) is 3.77. The first kappa shape index (κ1) is 14.0. The van der Waals surface area contributed by atoms with Crippen LogP contribution in [0.2, 0.25) is 0 Å². The summed E-state index contributed by atoms with van der Waals surface area (Å²) in [6, 6.07) is 0.177. The Kier molecular flexibility index (Phi) is 4.56. The molecule has 0 aliphatic carbocycles. The standard InChI is InChI=1S/C11H19N5O2S/c1-7(6-16-2-4-18-5-3-16)14-11-8(10(13)17)9(12)15-19-11/h7,14H,2-6H2,1H3,(H2,12,15)(H2,13,17). The third-order valence-electron chi connectivity index (χ3n) is 2.98. The van der Waals surface area contributed by atoms with E-state index in [1.807, 2.05) is 0 Å². The Labute approximate surface area is 116 Å². The van der Waals surface area contributed by atoms with Gasteiger partial charge in [-0.25, -0.2) is 0 Å². The second kappa shape index (κ2) is 6.18. The zero-order chi connectivity index (χ0) is 13.8. The Morgan fingerprint density at radius 3 is 2.89 bits per heavy atom. The molecule has 1 unspecified atom stereocenters. The molecule has 2 heterocycles. The highest BCUT2D eigenvalue weighted by molar-refractivity contribution is 7.11. The summed E-state index contributed by atoms with van der Waals surface area (Å²) < 4.78 is 9.27. The number of ether oxygens (including phenoxy) is 1. The van der Waals surface area contributed by atoms with Crippen LogP contribution in [0.5, 0.6) is 0 Å². The highest BCUT2D eigenvalue weighted by Gasteiger charge is 2.19. The molecule has 1 atom stereocenters. The minimum Gasteiger partial charge on any atom is -0.382 e. The van der Waals surface area contributed by atoms with Crippen molar-refractivity contribution in [2.45, 2.75) is 13.0 Å². The summed E-state index contributed by atoms with van der Waals surface area (Å²) in [7, 11) is 0. The van der Waals surface area contributed by atoms with E-state index in [0.717, 1.165) is 44.4 Å². The monoisotopic (exact) mass is 285 g/mol. The minimum absolute atomic E-state index is 0.177. The van der Waals surface area contributed by atoms with E-state index < -0.39 is 5.91 Å². The maximum Gasteiger partial charge on any atom is 0.255 e. The van der Waals surface area contributed by atoms with Crippen LogP contribution in [-0.4, -0.2) is 54.1 Å². The molecule has 1 saturated heterocycles. The molecule has 19 heavy (non-hydrogen) atoms. The molecule has 1 aliphatic rings. The van der Waals surface area contributed by atoms with Gasteiger partial charge in [-0.3, -0.25) is 9.69 Å². The number of morpholine rings is 1. The van der Waals surface area contributed by atoms with Crippen LogP contribution in [0.15, 0.2) is 0 Å². The number of nitrogens with zero attached hydrogens (tertiary/aromatic N) is 2. The van der Waals surface area contributed by atoms with Crippen molar-refractivity contribution in [3.8, 4) is 0 Å². The molecule has 1 aromatic heterocycles. The van der Waals surface area contributed by atoms with Crippen LogP contribution in [0.25, 0.3) is 0 Å². The number of anilines is 2. The summed E-state index contributed by atoms with van der Waals surface area (Å²) in [4.78, 5) is 13.6. The summed E-state index contributed by atoms with van der Waals surface area (Å²) in [5.74, 6) is -0.356. The number of nitrogen functional groups attached to an aromatic ring is 1. The van der Waals surface area contributed by atoms with Crippen LogP contribution in [0.1, 0.15) is 17.3 Å². The number of primary amides is 1. The molecule has 1 aromatic rings. The molecule has 0 radical (unpaired) electrons. The molecule has 7 nitrogen and oxygen atoms in total. The highest BCUT2D eigenvalue weighted by atomic mass is 32.1. The molecule has 8 heteroatoms.